The Hall–Kier alpha value is -2.52. The molecule has 0 radical (unpaired) electrons. The van der Waals surface area contributed by atoms with Crippen molar-refractivity contribution in [3.05, 3.63) is 53.5 Å². The average molecular weight is 383 g/mol. The number of rotatable bonds is 4. The molecule has 8 heteroatoms. The summed E-state index contributed by atoms with van der Waals surface area (Å²) in [5.74, 6) is 0.412. The first-order chi connectivity index (χ1) is 13.6. The highest BCUT2D eigenvalue weighted by Crippen LogP contribution is 2.39. The van der Waals surface area contributed by atoms with Gasteiger partial charge in [-0.2, -0.15) is 0 Å². The summed E-state index contributed by atoms with van der Waals surface area (Å²) < 4.78 is 12.8. The van der Waals surface area contributed by atoms with Crippen LogP contribution in [0, 0.1) is 0 Å². The van der Waals surface area contributed by atoms with Gasteiger partial charge in [0.25, 0.3) is 0 Å². The van der Waals surface area contributed by atoms with Crippen LogP contribution in [0.15, 0.2) is 36.8 Å². The number of benzene rings is 1. The maximum atomic E-state index is 10.8. The van der Waals surface area contributed by atoms with Gasteiger partial charge < -0.3 is 29.4 Å². The molecule has 0 amide bonds. The van der Waals surface area contributed by atoms with Crippen LogP contribution in [0.4, 0.5) is 0 Å². The lowest BCUT2D eigenvalue weighted by Gasteiger charge is -2.25. The van der Waals surface area contributed by atoms with Gasteiger partial charge in [0.15, 0.2) is 6.23 Å². The van der Waals surface area contributed by atoms with Gasteiger partial charge in [0.05, 0.1) is 12.5 Å². The number of aliphatic hydroxyl groups excluding tert-OH is 3. The Kier molecular flexibility index (Phi) is 4.09. The van der Waals surface area contributed by atoms with E-state index in [-0.39, 0.29) is 0 Å². The molecule has 1 fully saturated rings. The third-order valence-corrected chi connectivity index (χ3v) is 5.76. The Morgan fingerprint density at radius 2 is 1.96 bits per heavy atom. The molecule has 1 aromatic carbocycles. The fourth-order valence-corrected chi connectivity index (χ4v) is 4.08. The van der Waals surface area contributed by atoms with Gasteiger partial charge in [-0.1, -0.05) is 18.2 Å². The van der Waals surface area contributed by atoms with Crippen molar-refractivity contribution in [2.24, 2.45) is 0 Å². The third-order valence-electron chi connectivity index (χ3n) is 5.76. The fraction of sp³-hybridized carbons (Fsp3) is 0.400. The van der Waals surface area contributed by atoms with E-state index in [0.29, 0.717) is 22.5 Å². The second kappa shape index (κ2) is 6.52. The van der Waals surface area contributed by atoms with Crippen molar-refractivity contribution < 1.29 is 24.8 Å². The molecule has 0 spiro atoms. The highest BCUT2D eigenvalue weighted by Gasteiger charge is 2.47. The number of ether oxygens (including phenoxy) is 2. The minimum Gasteiger partial charge on any atom is -0.480 e. The number of hydrogen-bond acceptors (Lipinski definition) is 7. The summed E-state index contributed by atoms with van der Waals surface area (Å²) in [7, 11) is 1.52. The van der Waals surface area contributed by atoms with Crippen LogP contribution in [0.2, 0.25) is 0 Å². The van der Waals surface area contributed by atoms with Gasteiger partial charge in [-0.05, 0) is 35.6 Å². The van der Waals surface area contributed by atoms with E-state index in [4.69, 9.17) is 9.47 Å². The van der Waals surface area contributed by atoms with Crippen LogP contribution < -0.4 is 4.74 Å². The molecule has 2 aromatic heterocycles. The van der Waals surface area contributed by atoms with Gasteiger partial charge in [0, 0.05) is 6.20 Å². The summed E-state index contributed by atoms with van der Waals surface area (Å²) in [5, 5.41) is 32.6. The van der Waals surface area contributed by atoms with Gasteiger partial charge >= 0.3 is 0 Å². The van der Waals surface area contributed by atoms with Crippen LogP contribution in [0.5, 0.6) is 5.88 Å². The molecule has 5 rings (SSSR count). The van der Waals surface area contributed by atoms with E-state index in [2.05, 4.69) is 9.97 Å². The number of aryl methyl sites for hydroxylation is 2. The first kappa shape index (κ1) is 17.6. The molecule has 0 unspecified atom stereocenters. The lowest BCUT2D eigenvalue weighted by Crippen LogP contribution is -2.35. The summed E-state index contributed by atoms with van der Waals surface area (Å²) in [5.41, 5.74) is 3.69. The first-order valence-electron chi connectivity index (χ1n) is 9.25. The highest BCUT2D eigenvalue weighted by molar-refractivity contribution is 5.81. The van der Waals surface area contributed by atoms with Gasteiger partial charge in [-0.25, -0.2) is 9.97 Å². The largest absolute Gasteiger partial charge is 0.480 e. The zero-order valence-electron chi connectivity index (χ0n) is 15.3. The summed E-state index contributed by atoms with van der Waals surface area (Å²) >= 11 is 0. The molecule has 3 heterocycles. The van der Waals surface area contributed by atoms with Crippen molar-refractivity contribution in [3.8, 4) is 5.88 Å². The Labute approximate surface area is 161 Å². The molecule has 3 aromatic rings. The third kappa shape index (κ3) is 2.53. The quantitative estimate of drug-likeness (QED) is 0.614. The molecule has 2 aliphatic rings. The summed E-state index contributed by atoms with van der Waals surface area (Å²) in [4.78, 5) is 8.31. The van der Waals surface area contributed by atoms with E-state index in [1.807, 2.05) is 18.2 Å². The smallest absolute Gasteiger partial charge is 0.225 e. The molecule has 28 heavy (non-hydrogen) atoms. The minimum absolute atomic E-state index is 0.412. The fourth-order valence-electron chi connectivity index (χ4n) is 4.08. The van der Waals surface area contributed by atoms with Crippen LogP contribution in [-0.2, 0) is 17.6 Å². The molecule has 3 N–H and O–H groups in total. The van der Waals surface area contributed by atoms with Crippen LogP contribution in [-0.4, -0.2) is 55.3 Å². The Bertz CT molecular complexity index is 1040. The van der Waals surface area contributed by atoms with Crippen LogP contribution >= 0.6 is 0 Å². The molecule has 0 bridgehead atoms. The van der Waals surface area contributed by atoms with E-state index in [1.165, 1.54) is 24.6 Å². The molecule has 1 aliphatic heterocycles. The van der Waals surface area contributed by atoms with E-state index < -0.39 is 30.6 Å². The molecule has 1 saturated heterocycles. The van der Waals surface area contributed by atoms with Crippen molar-refractivity contribution in [1.29, 1.82) is 0 Å². The number of aliphatic hydroxyl groups is 3. The number of hydrogen-bond donors (Lipinski definition) is 3. The molecular formula is C20H21N3O5. The Balaban J connectivity index is 1.46. The van der Waals surface area contributed by atoms with Crippen LogP contribution in [0.25, 0.3) is 11.0 Å². The lowest BCUT2D eigenvalue weighted by atomic mass is 9.85. The van der Waals surface area contributed by atoms with Crippen LogP contribution in [0.3, 0.4) is 0 Å². The van der Waals surface area contributed by atoms with E-state index >= 15 is 0 Å². The Morgan fingerprint density at radius 3 is 2.68 bits per heavy atom. The van der Waals surface area contributed by atoms with Crippen molar-refractivity contribution in [1.82, 2.24) is 14.5 Å². The molecule has 8 nitrogen and oxygen atoms in total. The second-order valence-electron chi connectivity index (χ2n) is 7.29. The number of fused-ring (bicyclic) bond motifs is 2. The number of methoxy groups -OCH3 is 1. The number of aromatic nitrogens is 3. The summed E-state index contributed by atoms with van der Waals surface area (Å²) in [6.45, 7) is 0. The SMILES string of the molecule is COc1ncnc2c1ccn2[C@@H]1O[C@H]([C@H](O)c2ccc3c(c2)CC3)[C@@H](O)[C@H]1O. The molecule has 5 atom stereocenters. The zero-order chi connectivity index (χ0) is 19.4. The highest BCUT2D eigenvalue weighted by atomic mass is 16.6. The van der Waals surface area contributed by atoms with E-state index in [9.17, 15) is 15.3 Å². The maximum Gasteiger partial charge on any atom is 0.225 e. The second-order valence-corrected chi connectivity index (χ2v) is 7.29. The maximum absolute atomic E-state index is 10.8. The van der Waals surface area contributed by atoms with Gasteiger partial charge in [-0.3, -0.25) is 0 Å². The molecule has 146 valence electrons. The summed E-state index contributed by atoms with van der Waals surface area (Å²) in [6, 6.07) is 7.55. The predicted molar refractivity (Wildman–Crippen MR) is 98.8 cm³/mol. The molecule has 0 saturated carbocycles. The molecular weight excluding hydrogens is 362 g/mol. The Morgan fingerprint density at radius 1 is 1.14 bits per heavy atom. The molecule has 1 aliphatic carbocycles. The normalized spacial score (nSPS) is 27.4. The number of nitrogens with zero attached hydrogens (tertiary/aromatic N) is 3. The van der Waals surface area contributed by atoms with Crippen molar-refractivity contribution >= 4 is 11.0 Å². The van der Waals surface area contributed by atoms with Gasteiger partial charge in [-0.15, -0.1) is 0 Å². The van der Waals surface area contributed by atoms with Gasteiger partial charge in [0.1, 0.15) is 36.4 Å². The average Bonchev–Trinajstić information content (AvgIpc) is 3.24. The van der Waals surface area contributed by atoms with Crippen molar-refractivity contribution in [2.45, 2.75) is 43.5 Å². The monoisotopic (exact) mass is 383 g/mol. The van der Waals surface area contributed by atoms with Gasteiger partial charge in [0.2, 0.25) is 5.88 Å². The zero-order valence-corrected chi connectivity index (χ0v) is 15.3. The van der Waals surface area contributed by atoms with E-state index in [0.717, 1.165) is 12.8 Å². The minimum atomic E-state index is -1.24. The lowest BCUT2D eigenvalue weighted by molar-refractivity contribution is -0.0848. The first-order valence-corrected chi connectivity index (χ1v) is 9.25. The standard InChI is InChI=1S/C20H21N3O5/c1-27-19-13-6-7-23(18(13)21-9-22-19)20-16(26)15(25)17(28-20)14(24)12-5-3-10-2-4-11(10)8-12/h3,5-9,14-17,20,24-26H,2,4H2,1H3/t14-,15+,16-,17-,20-/m1/s1. The summed E-state index contributed by atoms with van der Waals surface area (Å²) in [6.07, 6.45) is -0.252. The van der Waals surface area contributed by atoms with Crippen LogP contribution in [0.1, 0.15) is 29.0 Å². The van der Waals surface area contributed by atoms with Crippen molar-refractivity contribution in [3.63, 3.8) is 0 Å². The topological polar surface area (TPSA) is 110 Å². The predicted octanol–water partition coefficient (Wildman–Crippen LogP) is 0.891. The van der Waals surface area contributed by atoms with Crippen molar-refractivity contribution in [2.75, 3.05) is 7.11 Å². The van der Waals surface area contributed by atoms with E-state index in [1.54, 1.807) is 16.8 Å².